The number of aromatic amines is 1. The largest absolute Gasteiger partial charge is 0.340 e. The van der Waals surface area contributed by atoms with E-state index in [4.69, 9.17) is 0 Å². The van der Waals surface area contributed by atoms with Gasteiger partial charge in [-0.25, -0.2) is 9.37 Å². The molecule has 5 heteroatoms. The molecule has 25 heavy (non-hydrogen) atoms. The number of aromatic nitrogens is 2. The third kappa shape index (κ3) is 3.02. The summed E-state index contributed by atoms with van der Waals surface area (Å²) < 4.78 is 13.3. The first kappa shape index (κ1) is 15.8. The number of halogens is 1. The van der Waals surface area contributed by atoms with Crippen LogP contribution in [0.1, 0.15) is 31.2 Å². The molecule has 1 fully saturated rings. The lowest BCUT2D eigenvalue weighted by atomic mass is 9.76. The van der Waals surface area contributed by atoms with E-state index in [0.29, 0.717) is 36.4 Å². The lowest BCUT2D eigenvalue weighted by Crippen LogP contribution is -2.47. The smallest absolute Gasteiger partial charge is 0.223 e. The number of nitrogens with one attached hydrogen (secondary N) is 1. The topological polar surface area (TPSA) is 49.0 Å². The molecule has 1 aliphatic rings. The fraction of sp³-hybridized carbons (Fsp3) is 0.300. The molecule has 1 saturated heterocycles. The van der Waals surface area contributed by atoms with E-state index in [0.717, 1.165) is 6.42 Å². The minimum absolute atomic E-state index is 0.0622. The van der Waals surface area contributed by atoms with Gasteiger partial charge in [-0.3, -0.25) is 4.79 Å². The fourth-order valence-electron chi connectivity index (χ4n) is 3.64. The molecule has 4 nitrogen and oxygen atoms in total. The van der Waals surface area contributed by atoms with Gasteiger partial charge in [-0.05, 0) is 30.2 Å². The van der Waals surface area contributed by atoms with Crippen molar-refractivity contribution in [1.29, 1.82) is 0 Å². The minimum atomic E-state index is -0.298. The van der Waals surface area contributed by atoms with Crippen molar-refractivity contribution >= 4 is 16.9 Å². The molecule has 3 aromatic rings. The van der Waals surface area contributed by atoms with Crippen LogP contribution in [0.25, 0.3) is 11.0 Å². The van der Waals surface area contributed by atoms with Crippen LogP contribution < -0.4 is 0 Å². The Hall–Kier alpha value is -2.69. The maximum absolute atomic E-state index is 13.3. The molecule has 1 aliphatic heterocycles. The maximum atomic E-state index is 13.3. The van der Waals surface area contributed by atoms with Gasteiger partial charge in [0.15, 0.2) is 0 Å². The lowest BCUT2D eigenvalue weighted by molar-refractivity contribution is -0.136. The Labute approximate surface area is 145 Å². The normalized spacial score (nSPS) is 21.0. The van der Waals surface area contributed by atoms with Crippen molar-refractivity contribution in [3.63, 3.8) is 0 Å². The maximum Gasteiger partial charge on any atom is 0.223 e. The van der Waals surface area contributed by atoms with Crippen LogP contribution in [0.4, 0.5) is 4.39 Å². The molecule has 1 aromatic heterocycles. The zero-order chi connectivity index (χ0) is 17.4. The Kier molecular flexibility index (Phi) is 3.79. The predicted molar refractivity (Wildman–Crippen MR) is 94.5 cm³/mol. The number of benzene rings is 2. The van der Waals surface area contributed by atoms with Crippen molar-refractivity contribution in [3.8, 4) is 0 Å². The molecule has 128 valence electrons. The fourth-order valence-corrected chi connectivity index (χ4v) is 3.64. The number of imidazole rings is 1. The molecule has 2 heterocycles. The van der Waals surface area contributed by atoms with Gasteiger partial charge in [0.05, 0.1) is 17.6 Å². The number of carbonyl (C=O) groups excluding carboxylic acids is 1. The third-order valence-electron chi connectivity index (χ3n) is 5.09. The predicted octanol–water partition coefficient (Wildman–Crippen LogP) is 3.78. The standard InChI is InChI=1S/C20H20FN3O/c1-20(14-5-3-2-4-6-14)10-9-19(25)24(13-20)12-18-22-16-8-7-15(21)11-17(16)23-18/h2-8,11H,9-10,12-13H2,1H3,(H,22,23). The molecule has 0 saturated carbocycles. The van der Waals surface area contributed by atoms with E-state index in [1.807, 2.05) is 23.1 Å². The average Bonchev–Trinajstić information content (AvgIpc) is 3.00. The minimum Gasteiger partial charge on any atom is -0.340 e. The second-order valence-corrected chi connectivity index (χ2v) is 7.02. The van der Waals surface area contributed by atoms with Gasteiger partial charge in [0.2, 0.25) is 5.91 Å². The van der Waals surface area contributed by atoms with Crippen molar-refractivity contribution in [1.82, 2.24) is 14.9 Å². The molecule has 0 aliphatic carbocycles. The van der Waals surface area contributed by atoms with Crippen molar-refractivity contribution in [2.24, 2.45) is 0 Å². The average molecular weight is 337 g/mol. The number of piperidine rings is 1. The summed E-state index contributed by atoms with van der Waals surface area (Å²) in [6.45, 7) is 3.27. The van der Waals surface area contributed by atoms with Crippen molar-refractivity contribution in [2.45, 2.75) is 31.7 Å². The summed E-state index contributed by atoms with van der Waals surface area (Å²) in [5, 5.41) is 0. The summed E-state index contributed by atoms with van der Waals surface area (Å²) in [6, 6.07) is 14.8. The highest BCUT2D eigenvalue weighted by Crippen LogP contribution is 2.34. The van der Waals surface area contributed by atoms with E-state index >= 15 is 0 Å². The van der Waals surface area contributed by atoms with Crippen LogP contribution in [0.3, 0.4) is 0 Å². The Morgan fingerprint density at radius 3 is 2.84 bits per heavy atom. The molecule has 0 bridgehead atoms. The molecule has 1 amide bonds. The molecule has 0 spiro atoms. The highest BCUT2D eigenvalue weighted by atomic mass is 19.1. The van der Waals surface area contributed by atoms with Crippen molar-refractivity contribution < 1.29 is 9.18 Å². The first-order chi connectivity index (χ1) is 12.0. The Morgan fingerprint density at radius 1 is 1.24 bits per heavy atom. The third-order valence-corrected chi connectivity index (χ3v) is 5.09. The molecule has 2 aromatic carbocycles. The zero-order valence-corrected chi connectivity index (χ0v) is 14.1. The van der Waals surface area contributed by atoms with Crippen LogP contribution in [-0.4, -0.2) is 27.3 Å². The summed E-state index contributed by atoms with van der Waals surface area (Å²) >= 11 is 0. The number of rotatable bonds is 3. The molecule has 1 N–H and O–H groups in total. The highest BCUT2D eigenvalue weighted by molar-refractivity contribution is 5.78. The van der Waals surface area contributed by atoms with E-state index in [-0.39, 0.29) is 17.1 Å². The van der Waals surface area contributed by atoms with E-state index in [1.165, 1.54) is 17.7 Å². The van der Waals surface area contributed by atoms with Crippen LogP contribution in [0.5, 0.6) is 0 Å². The van der Waals surface area contributed by atoms with Crippen LogP contribution in [0.15, 0.2) is 48.5 Å². The Morgan fingerprint density at radius 2 is 2.04 bits per heavy atom. The van der Waals surface area contributed by atoms with Crippen molar-refractivity contribution in [3.05, 3.63) is 65.7 Å². The number of fused-ring (bicyclic) bond motifs is 1. The lowest BCUT2D eigenvalue weighted by Gasteiger charge is -2.40. The molecular weight excluding hydrogens is 317 g/mol. The number of carbonyl (C=O) groups is 1. The second-order valence-electron chi connectivity index (χ2n) is 7.02. The first-order valence-electron chi connectivity index (χ1n) is 8.51. The number of amides is 1. The number of hydrogen-bond donors (Lipinski definition) is 1. The number of H-pyrrole nitrogens is 1. The Bertz CT molecular complexity index is 921. The molecular formula is C20H20FN3O. The van der Waals surface area contributed by atoms with Gasteiger partial charge in [0.1, 0.15) is 11.6 Å². The summed E-state index contributed by atoms with van der Waals surface area (Å²) in [5.74, 6) is 0.528. The van der Waals surface area contributed by atoms with Crippen LogP contribution in [-0.2, 0) is 16.8 Å². The highest BCUT2D eigenvalue weighted by Gasteiger charge is 2.36. The number of hydrogen-bond acceptors (Lipinski definition) is 2. The molecule has 0 radical (unpaired) electrons. The molecule has 4 rings (SSSR count). The van der Waals surface area contributed by atoms with E-state index in [2.05, 4.69) is 29.0 Å². The van der Waals surface area contributed by atoms with Crippen molar-refractivity contribution in [2.75, 3.05) is 6.54 Å². The van der Waals surface area contributed by atoms with Crippen LogP contribution in [0.2, 0.25) is 0 Å². The van der Waals surface area contributed by atoms with Gasteiger partial charge >= 0.3 is 0 Å². The summed E-state index contributed by atoms with van der Waals surface area (Å²) in [4.78, 5) is 21.9. The number of likely N-dealkylation sites (tertiary alicyclic amines) is 1. The summed E-state index contributed by atoms with van der Waals surface area (Å²) in [6.07, 6.45) is 1.37. The van der Waals surface area contributed by atoms with Gasteiger partial charge in [0, 0.05) is 18.4 Å². The van der Waals surface area contributed by atoms with Gasteiger partial charge in [-0.1, -0.05) is 37.3 Å². The Balaban J connectivity index is 1.58. The van der Waals surface area contributed by atoms with Gasteiger partial charge in [-0.2, -0.15) is 0 Å². The zero-order valence-electron chi connectivity index (χ0n) is 14.1. The van der Waals surface area contributed by atoms with Crippen LogP contribution >= 0.6 is 0 Å². The van der Waals surface area contributed by atoms with Gasteiger partial charge < -0.3 is 9.88 Å². The second kappa shape index (κ2) is 5.99. The molecule has 1 unspecified atom stereocenters. The van der Waals surface area contributed by atoms with Gasteiger partial charge in [0.25, 0.3) is 0 Å². The SMILES string of the molecule is CC1(c2ccccc2)CCC(=O)N(Cc2nc3ccc(F)cc3[nH]2)C1. The summed E-state index contributed by atoms with van der Waals surface area (Å²) in [5.41, 5.74) is 2.56. The van der Waals surface area contributed by atoms with Crippen LogP contribution in [0, 0.1) is 5.82 Å². The number of nitrogens with zero attached hydrogens (tertiary/aromatic N) is 2. The summed E-state index contributed by atoms with van der Waals surface area (Å²) in [7, 11) is 0. The first-order valence-corrected chi connectivity index (χ1v) is 8.51. The van der Waals surface area contributed by atoms with Gasteiger partial charge in [-0.15, -0.1) is 0 Å². The van der Waals surface area contributed by atoms with E-state index in [1.54, 1.807) is 6.07 Å². The molecule has 1 atom stereocenters. The van der Waals surface area contributed by atoms with E-state index < -0.39 is 0 Å². The monoisotopic (exact) mass is 337 g/mol. The quantitative estimate of drug-likeness (QED) is 0.791. The van der Waals surface area contributed by atoms with E-state index in [9.17, 15) is 9.18 Å².